The van der Waals surface area contributed by atoms with E-state index in [1.54, 1.807) is 6.20 Å². The number of carbonyl (C=O) groups excluding carboxylic acids is 1. The highest BCUT2D eigenvalue weighted by molar-refractivity contribution is 5.66. The number of anilines is 1. The van der Waals surface area contributed by atoms with Gasteiger partial charge in [-0.25, -0.2) is 4.98 Å². The van der Waals surface area contributed by atoms with Gasteiger partial charge in [0.2, 0.25) is 0 Å². The molecule has 1 unspecified atom stereocenters. The minimum absolute atomic E-state index is 0.0904. The quantitative estimate of drug-likeness (QED) is 0.708. The summed E-state index contributed by atoms with van der Waals surface area (Å²) in [6.07, 6.45) is 2.76. The van der Waals surface area contributed by atoms with Crippen LogP contribution in [0.1, 0.15) is 5.56 Å². The molecule has 15 heavy (non-hydrogen) atoms. The molecule has 0 bridgehead atoms. The Morgan fingerprint density at radius 3 is 3.27 bits per heavy atom. The first kappa shape index (κ1) is 10.1. The highest BCUT2D eigenvalue weighted by atomic mass is 16.1. The van der Waals surface area contributed by atoms with Gasteiger partial charge in [-0.2, -0.15) is 0 Å². The number of carbonyl (C=O) groups is 1. The van der Waals surface area contributed by atoms with E-state index >= 15 is 0 Å². The van der Waals surface area contributed by atoms with Crippen molar-refractivity contribution in [3.63, 3.8) is 0 Å². The molecule has 0 saturated carbocycles. The number of rotatable bonds is 2. The number of hydrogen-bond acceptors (Lipinski definition) is 4. The maximum absolute atomic E-state index is 10.9. The smallest absolute Gasteiger partial charge is 0.143 e. The van der Waals surface area contributed by atoms with E-state index in [0.717, 1.165) is 30.8 Å². The van der Waals surface area contributed by atoms with E-state index in [-0.39, 0.29) is 6.04 Å². The molecule has 1 fully saturated rings. The molecule has 2 rings (SSSR count). The summed E-state index contributed by atoms with van der Waals surface area (Å²) in [6, 6.07) is 3.84. The first-order valence-electron chi connectivity index (χ1n) is 5.17. The molecule has 1 atom stereocenters. The van der Waals surface area contributed by atoms with Crippen LogP contribution in [0.15, 0.2) is 18.3 Å². The van der Waals surface area contributed by atoms with Gasteiger partial charge in [-0.05, 0) is 18.6 Å². The summed E-state index contributed by atoms with van der Waals surface area (Å²) in [4.78, 5) is 17.4. The standard InChI is InChI=1S/C11H15N3O/c1-9-3-2-4-13-11(9)14-6-5-12-7-10(14)8-15/h2-4,8,10,12H,5-7H2,1H3. The van der Waals surface area contributed by atoms with Crippen LogP contribution in [0, 0.1) is 6.92 Å². The average molecular weight is 205 g/mol. The van der Waals surface area contributed by atoms with Gasteiger partial charge < -0.3 is 15.0 Å². The van der Waals surface area contributed by atoms with Crippen LogP contribution in [0.2, 0.25) is 0 Å². The number of piperazine rings is 1. The van der Waals surface area contributed by atoms with Crippen molar-refractivity contribution in [2.45, 2.75) is 13.0 Å². The zero-order chi connectivity index (χ0) is 10.7. The van der Waals surface area contributed by atoms with Crippen molar-refractivity contribution in [3.05, 3.63) is 23.9 Å². The van der Waals surface area contributed by atoms with Crippen LogP contribution in [-0.2, 0) is 4.79 Å². The van der Waals surface area contributed by atoms with Gasteiger partial charge in [-0.15, -0.1) is 0 Å². The maximum Gasteiger partial charge on any atom is 0.143 e. The van der Waals surface area contributed by atoms with Gasteiger partial charge in [0.1, 0.15) is 12.1 Å². The van der Waals surface area contributed by atoms with Crippen LogP contribution >= 0.6 is 0 Å². The van der Waals surface area contributed by atoms with E-state index in [1.165, 1.54) is 0 Å². The van der Waals surface area contributed by atoms with E-state index in [1.807, 2.05) is 19.1 Å². The summed E-state index contributed by atoms with van der Waals surface area (Å²) in [5, 5.41) is 3.20. The minimum Gasteiger partial charge on any atom is -0.344 e. The lowest BCUT2D eigenvalue weighted by Gasteiger charge is -2.34. The Morgan fingerprint density at radius 2 is 2.53 bits per heavy atom. The van der Waals surface area contributed by atoms with Crippen LogP contribution < -0.4 is 10.2 Å². The van der Waals surface area contributed by atoms with E-state index in [9.17, 15) is 4.79 Å². The van der Waals surface area contributed by atoms with E-state index in [2.05, 4.69) is 15.2 Å². The Hall–Kier alpha value is -1.42. The van der Waals surface area contributed by atoms with Gasteiger partial charge in [0, 0.05) is 25.8 Å². The maximum atomic E-state index is 10.9. The number of nitrogens with one attached hydrogen (secondary N) is 1. The van der Waals surface area contributed by atoms with Crippen molar-refractivity contribution in [2.24, 2.45) is 0 Å². The number of pyridine rings is 1. The van der Waals surface area contributed by atoms with E-state index in [0.29, 0.717) is 6.54 Å². The van der Waals surface area contributed by atoms with Gasteiger partial charge in [0.05, 0.1) is 6.04 Å². The fourth-order valence-electron chi connectivity index (χ4n) is 1.89. The van der Waals surface area contributed by atoms with Crippen LogP contribution in [-0.4, -0.2) is 36.9 Å². The molecule has 0 aliphatic carbocycles. The lowest BCUT2D eigenvalue weighted by atomic mass is 10.2. The van der Waals surface area contributed by atoms with Crippen LogP contribution in [0.25, 0.3) is 0 Å². The molecule has 0 spiro atoms. The molecular weight excluding hydrogens is 190 g/mol. The fourth-order valence-corrected chi connectivity index (χ4v) is 1.89. The van der Waals surface area contributed by atoms with Crippen molar-refractivity contribution < 1.29 is 4.79 Å². The molecule has 2 heterocycles. The second kappa shape index (κ2) is 4.40. The molecule has 1 aliphatic heterocycles. The Labute approximate surface area is 89.3 Å². The van der Waals surface area contributed by atoms with Crippen molar-refractivity contribution in [2.75, 3.05) is 24.5 Å². The number of hydrogen-bond donors (Lipinski definition) is 1. The first-order valence-corrected chi connectivity index (χ1v) is 5.17. The highest BCUT2D eigenvalue weighted by Crippen LogP contribution is 2.18. The first-order chi connectivity index (χ1) is 7.33. The van der Waals surface area contributed by atoms with Crippen molar-refractivity contribution in [1.82, 2.24) is 10.3 Å². The molecule has 1 saturated heterocycles. The van der Waals surface area contributed by atoms with Gasteiger partial charge in [0.15, 0.2) is 0 Å². The Kier molecular flexibility index (Phi) is 2.97. The predicted molar refractivity (Wildman–Crippen MR) is 59.0 cm³/mol. The van der Waals surface area contributed by atoms with Gasteiger partial charge in [-0.1, -0.05) is 6.07 Å². The Morgan fingerprint density at radius 1 is 1.67 bits per heavy atom. The highest BCUT2D eigenvalue weighted by Gasteiger charge is 2.23. The van der Waals surface area contributed by atoms with Gasteiger partial charge in [0.25, 0.3) is 0 Å². The molecule has 4 nitrogen and oxygen atoms in total. The zero-order valence-corrected chi connectivity index (χ0v) is 8.81. The SMILES string of the molecule is Cc1cccnc1N1CCNCC1C=O. The third-order valence-corrected chi connectivity index (χ3v) is 2.69. The molecule has 1 aromatic heterocycles. The Bertz CT molecular complexity index is 353. The molecule has 1 aromatic rings. The lowest BCUT2D eigenvalue weighted by molar-refractivity contribution is -0.109. The fraction of sp³-hybridized carbons (Fsp3) is 0.455. The third kappa shape index (κ3) is 1.99. The van der Waals surface area contributed by atoms with E-state index < -0.39 is 0 Å². The van der Waals surface area contributed by atoms with Crippen LogP contribution in [0.5, 0.6) is 0 Å². The lowest BCUT2D eigenvalue weighted by Crippen LogP contribution is -2.52. The number of aromatic nitrogens is 1. The summed E-state index contributed by atoms with van der Waals surface area (Å²) in [7, 11) is 0. The average Bonchev–Trinajstić information content (AvgIpc) is 2.30. The van der Waals surface area contributed by atoms with Gasteiger partial charge in [-0.3, -0.25) is 0 Å². The topological polar surface area (TPSA) is 45.2 Å². The van der Waals surface area contributed by atoms with Crippen LogP contribution in [0.4, 0.5) is 5.82 Å². The monoisotopic (exact) mass is 205 g/mol. The third-order valence-electron chi connectivity index (χ3n) is 2.69. The summed E-state index contributed by atoms with van der Waals surface area (Å²) >= 11 is 0. The minimum atomic E-state index is -0.0904. The van der Waals surface area contributed by atoms with Crippen LogP contribution in [0.3, 0.4) is 0 Å². The normalized spacial score (nSPS) is 21.4. The second-order valence-corrected chi connectivity index (χ2v) is 3.74. The zero-order valence-electron chi connectivity index (χ0n) is 8.81. The molecule has 80 valence electrons. The summed E-state index contributed by atoms with van der Waals surface area (Å²) in [5.74, 6) is 0.927. The molecule has 0 amide bonds. The largest absolute Gasteiger partial charge is 0.344 e. The summed E-state index contributed by atoms with van der Waals surface area (Å²) in [6.45, 7) is 4.47. The number of nitrogens with zero attached hydrogens (tertiary/aromatic N) is 2. The molecule has 1 aliphatic rings. The second-order valence-electron chi connectivity index (χ2n) is 3.74. The summed E-state index contributed by atoms with van der Waals surface area (Å²) in [5.41, 5.74) is 1.12. The molecular formula is C11H15N3O. The number of aryl methyl sites for hydroxylation is 1. The molecule has 0 aromatic carbocycles. The summed E-state index contributed by atoms with van der Waals surface area (Å²) < 4.78 is 0. The van der Waals surface area contributed by atoms with Gasteiger partial charge >= 0.3 is 0 Å². The Balaban J connectivity index is 2.28. The number of aldehydes is 1. The molecule has 4 heteroatoms. The van der Waals surface area contributed by atoms with Crippen molar-refractivity contribution >= 4 is 12.1 Å². The molecule has 1 N–H and O–H groups in total. The van der Waals surface area contributed by atoms with Crippen molar-refractivity contribution in [3.8, 4) is 0 Å². The van der Waals surface area contributed by atoms with E-state index in [4.69, 9.17) is 0 Å². The predicted octanol–water partition coefficient (Wildman–Crippen LogP) is 0.367. The molecule has 0 radical (unpaired) electrons. The van der Waals surface area contributed by atoms with Crippen molar-refractivity contribution in [1.29, 1.82) is 0 Å².